The Morgan fingerprint density at radius 3 is 2.92 bits per heavy atom. The third kappa shape index (κ3) is 3.08. The molecule has 0 unspecified atom stereocenters. The van der Waals surface area contributed by atoms with Crippen molar-refractivity contribution in [3.63, 3.8) is 0 Å². The van der Waals surface area contributed by atoms with Gasteiger partial charge < -0.3 is 5.32 Å². The number of aryl methyl sites for hydroxylation is 1. The van der Waals surface area contributed by atoms with Crippen LogP contribution >= 0.6 is 11.6 Å². The topological polar surface area (TPSA) is 74.7 Å². The third-order valence-electron chi connectivity index (χ3n) is 4.53. The van der Waals surface area contributed by atoms with Crippen LogP contribution in [0.1, 0.15) is 29.5 Å². The molecule has 0 saturated carbocycles. The molecule has 1 aromatic heterocycles. The molecule has 1 saturated heterocycles. The number of hydrogen-bond acceptors (Lipinski definition) is 4. The molecule has 1 fully saturated rings. The number of aliphatic imine (C=N–C) groups is 1. The second-order valence-electron chi connectivity index (χ2n) is 6.50. The Bertz CT molecular complexity index is 955. The summed E-state index contributed by atoms with van der Waals surface area (Å²) in [6.07, 6.45) is 3.56. The number of halogens is 1. The van der Waals surface area contributed by atoms with E-state index in [-0.39, 0.29) is 5.91 Å². The number of pyridine rings is 1. The van der Waals surface area contributed by atoms with E-state index in [1.165, 1.54) is 4.90 Å². The zero-order chi connectivity index (χ0) is 18.3. The molecular formula is C19H17ClN4O2. The lowest BCUT2D eigenvalue weighted by atomic mass is 10.0. The molecule has 4 rings (SSSR count). The highest BCUT2D eigenvalue weighted by Gasteiger charge is 2.27. The van der Waals surface area contributed by atoms with E-state index in [0.717, 1.165) is 22.4 Å². The number of aromatic nitrogens is 1. The first-order chi connectivity index (χ1) is 12.5. The predicted octanol–water partition coefficient (Wildman–Crippen LogP) is 3.87. The number of hydrogen-bond donors (Lipinski definition) is 1. The first-order valence-electron chi connectivity index (χ1n) is 8.45. The van der Waals surface area contributed by atoms with Crippen LogP contribution in [0.5, 0.6) is 0 Å². The number of urea groups is 1. The third-order valence-corrected chi connectivity index (χ3v) is 4.86. The number of fused-ring (bicyclic) bond motifs is 1. The van der Waals surface area contributed by atoms with Gasteiger partial charge in [0.05, 0.1) is 5.71 Å². The predicted molar refractivity (Wildman–Crippen MR) is 100 cm³/mol. The van der Waals surface area contributed by atoms with Gasteiger partial charge in [-0.1, -0.05) is 17.7 Å². The van der Waals surface area contributed by atoms with Crippen LogP contribution in [-0.4, -0.2) is 34.1 Å². The van der Waals surface area contributed by atoms with E-state index in [4.69, 9.17) is 11.6 Å². The fourth-order valence-corrected chi connectivity index (χ4v) is 3.46. The van der Waals surface area contributed by atoms with Crippen molar-refractivity contribution in [2.75, 3.05) is 11.9 Å². The summed E-state index contributed by atoms with van der Waals surface area (Å²) in [6, 6.07) is 6.89. The Labute approximate surface area is 155 Å². The average Bonchev–Trinajstić information content (AvgIpc) is 3.22. The first-order valence-corrected chi connectivity index (χ1v) is 8.83. The van der Waals surface area contributed by atoms with Gasteiger partial charge in [-0.25, -0.2) is 14.8 Å². The lowest BCUT2D eigenvalue weighted by Crippen LogP contribution is -2.35. The fraction of sp³-hybridized carbons (Fsp3) is 0.263. The Balaban J connectivity index is 1.58. The van der Waals surface area contributed by atoms with Crippen LogP contribution in [0.3, 0.4) is 0 Å². The van der Waals surface area contributed by atoms with Gasteiger partial charge in [-0.15, -0.1) is 0 Å². The minimum atomic E-state index is -0.408. The maximum atomic E-state index is 12.3. The van der Waals surface area contributed by atoms with Crippen LogP contribution in [0.25, 0.3) is 0 Å². The zero-order valence-corrected chi connectivity index (χ0v) is 15.0. The van der Waals surface area contributed by atoms with Gasteiger partial charge in [0.15, 0.2) is 5.82 Å². The Morgan fingerprint density at radius 2 is 2.15 bits per heavy atom. The summed E-state index contributed by atoms with van der Waals surface area (Å²) < 4.78 is 0. The molecule has 6 nitrogen and oxygen atoms in total. The molecule has 3 heterocycles. The number of carbonyl (C=O) groups excluding carboxylic acids is 2. The quantitative estimate of drug-likeness (QED) is 0.874. The van der Waals surface area contributed by atoms with Crippen LogP contribution < -0.4 is 5.32 Å². The molecular weight excluding hydrogens is 352 g/mol. The summed E-state index contributed by atoms with van der Waals surface area (Å²) in [5.41, 5.74) is 4.30. The highest BCUT2D eigenvalue weighted by atomic mass is 35.5. The zero-order valence-electron chi connectivity index (χ0n) is 14.3. The fourth-order valence-electron chi connectivity index (χ4n) is 3.23. The molecule has 132 valence electrons. The number of rotatable bonds is 2. The maximum Gasteiger partial charge on any atom is 0.328 e. The summed E-state index contributed by atoms with van der Waals surface area (Å²) in [4.78, 5) is 34.2. The van der Waals surface area contributed by atoms with Gasteiger partial charge in [-0.3, -0.25) is 9.69 Å². The van der Waals surface area contributed by atoms with Gasteiger partial charge in [0, 0.05) is 47.4 Å². The van der Waals surface area contributed by atoms with Gasteiger partial charge in [0.2, 0.25) is 5.91 Å². The standard InChI is InChI=1S/C19H17ClN4O2/c1-11-7-12-8-16(23-18(12)21-10-11)14-9-13(4-5-15(14)20)22-19(26)24-6-2-3-17(24)25/h4-5,7,9-10H,2-3,6,8H2,1H3,(H,22,26). The van der Waals surface area contributed by atoms with E-state index >= 15 is 0 Å². The summed E-state index contributed by atoms with van der Waals surface area (Å²) >= 11 is 6.36. The molecule has 1 aromatic carbocycles. The van der Waals surface area contributed by atoms with Crippen molar-refractivity contribution in [2.45, 2.75) is 26.2 Å². The SMILES string of the molecule is Cc1cnc2c(c1)CC(c1cc(NC(=O)N3CCCC3=O)ccc1Cl)=N2. The second-order valence-corrected chi connectivity index (χ2v) is 6.91. The van der Waals surface area contributed by atoms with Gasteiger partial charge >= 0.3 is 6.03 Å². The molecule has 3 amide bonds. The summed E-state index contributed by atoms with van der Waals surface area (Å²) in [6.45, 7) is 2.45. The molecule has 0 atom stereocenters. The molecule has 7 heteroatoms. The highest BCUT2D eigenvalue weighted by molar-refractivity contribution is 6.34. The Kier molecular flexibility index (Phi) is 4.20. The van der Waals surface area contributed by atoms with Gasteiger partial charge in [-0.2, -0.15) is 0 Å². The maximum absolute atomic E-state index is 12.3. The van der Waals surface area contributed by atoms with E-state index in [1.807, 2.05) is 6.92 Å². The van der Waals surface area contributed by atoms with E-state index in [1.54, 1.807) is 24.4 Å². The van der Waals surface area contributed by atoms with Crippen molar-refractivity contribution in [2.24, 2.45) is 4.99 Å². The van der Waals surface area contributed by atoms with Crippen molar-refractivity contribution >= 4 is 40.8 Å². The van der Waals surface area contributed by atoms with Crippen LogP contribution in [0.15, 0.2) is 35.5 Å². The number of nitrogens with one attached hydrogen (secondary N) is 1. The molecule has 2 aromatic rings. The number of anilines is 1. The number of imide groups is 1. The average molecular weight is 369 g/mol. The van der Waals surface area contributed by atoms with E-state index in [2.05, 4.69) is 21.4 Å². The highest BCUT2D eigenvalue weighted by Crippen LogP contribution is 2.31. The lowest BCUT2D eigenvalue weighted by Gasteiger charge is -2.15. The largest absolute Gasteiger partial charge is 0.328 e. The van der Waals surface area contributed by atoms with Crippen LogP contribution in [0.2, 0.25) is 5.02 Å². The molecule has 1 N–H and O–H groups in total. The van der Waals surface area contributed by atoms with Gasteiger partial charge in [0.25, 0.3) is 0 Å². The van der Waals surface area contributed by atoms with E-state index < -0.39 is 6.03 Å². The van der Waals surface area contributed by atoms with Crippen molar-refractivity contribution < 1.29 is 9.59 Å². The van der Waals surface area contributed by atoms with E-state index in [9.17, 15) is 9.59 Å². The normalized spacial score (nSPS) is 15.8. The molecule has 0 aliphatic carbocycles. The van der Waals surface area contributed by atoms with Crippen LogP contribution in [-0.2, 0) is 11.2 Å². The smallest absolute Gasteiger partial charge is 0.307 e. The molecule has 0 bridgehead atoms. The molecule has 0 radical (unpaired) electrons. The first kappa shape index (κ1) is 16.7. The van der Waals surface area contributed by atoms with Crippen molar-refractivity contribution in [1.82, 2.24) is 9.88 Å². The van der Waals surface area contributed by atoms with Gasteiger partial charge in [0.1, 0.15) is 0 Å². The van der Waals surface area contributed by atoms with Gasteiger partial charge in [-0.05, 0) is 37.1 Å². The molecule has 0 spiro atoms. The van der Waals surface area contributed by atoms with Crippen molar-refractivity contribution in [1.29, 1.82) is 0 Å². The minimum Gasteiger partial charge on any atom is -0.307 e. The Morgan fingerprint density at radius 1 is 1.31 bits per heavy atom. The summed E-state index contributed by atoms with van der Waals surface area (Å²) in [7, 11) is 0. The number of likely N-dealkylation sites (tertiary alicyclic amines) is 1. The summed E-state index contributed by atoms with van der Waals surface area (Å²) in [5.74, 6) is 0.563. The van der Waals surface area contributed by atoms with Crippen LogP contribution in [0.4, 0.5) is 16.3 Å². The molecule has 2 aliphatic heterocycles. The monoisotopic (exact) mass is 368 g/mol. The Hall–Kier alpha value is -2.73. The van der Waals surface area contributed by atoms with Crippen molar-refractivity contribution in [3.05, 3.63) is 52.2 Å². The summed E-state index contributed by atoms with van der Waals surface area (Å²) in [5, 5.41) is 3.33. The number of amides is 3. The van der Waals surface area contributed by atoms with Crippen molar-refractivity contribution in [3.8, 4) is 0 Å². The lowest BCUT2D eigenvalue weighted by molar-refractivity contribution is -0.125. The minimum absolute atomic E-state index is 0.145. The van der Waals surface area contributed by atoms with E-state index in [0.29, 0.717) is 42.3 Å². The molecule has 2 aliphatic rings. The second kappa shape index (κ2) is 6.53. The number of carbonyl (C=O) groups is 2. The van der Waals surface area contributed by atoms with Crippen LogP contribution in [0, 0.1) is 6.92 Å². The number of benzene rings is 1. The molecule has 26 heavy (non-hydrogen) atoms. The number of nitrogens with zero attached hydrogens (tertiary/aromatic N) is 3.